The zero-order valence-electron chi connectivity index (χ0n) is 8.63. The van der Waals surface area contributed by atoms with Gasteiger partial charge < -0.3 is 4.74 Å². The van der Waals surface area contributed by atoms with Gasteiger partial charge in [0.25, 0.3) is 5.91 Å². The molecule has 1 aromatic carbocycles. The number of hydrogen-bond acceptors (Lipinski definition) is 3. The van der Waals surface area contributed by atoms with Crippen LogP contribution < -0.4 is 5.48 Å². The van der Waals surface area contributed by atoms with Crippen LogP contribution in [0.25, 0.3) is 0 Å². The van der Waals surface area contributed by atoms with Gasteiger partial charge in [0, 0.05) is 17.1 Å². The topological polar surface area (TPSA) is 47.6 Å². The average Bonchev–Trinajstić information content (AvgIpc) is 2.28. The number of hydroxylamine groups is 1. The van der Waals surface area contributed by atoms with Gasteiger partial charge in [0.1, 0.15) is 0 Å². The molecule has 6 heteroatoms. The van der Waals surface area contributed by atoms with Crippen molar-refractivity contribution in [1.29, 1.82) is 0 Å². The highest BCUT2D eigenvalue weighted by atomic mass is 79.9. The Balaban J connectivity index is 2.50. The minimum absolute atomic E-state index is 0.298. The first kappa shape index (κ1) is 13.4. The van der Waals surface area contributed by atoms with Gasteiger partial charge in [-0.25, -0.2) is 5.48 Å². The summed E-state index contributed by atoms with van der Waals surface area (Å²) in [5.74, 6) is -0.342. The van der Waals surface area contributed by atoms with Crippen LogP contribution in [-0.4, -0.2) is 26.2 Å². The quantitative estimate of drug-likeness (QED) is 0.671. The predicted octanol–water partition coefficient (Wildman–Crippen LogP) is 2.41. The molecule has 0 aromatic heterocycles. The molecule has 0 spiro atoms. The first-order chi connectivity index (χ1) is 7.65. The molecule has 1 N–H and O–H groups in total. The minimum Gasteiger partial charge on any atom is -0.382 e. The summed E-state index contributed by atoms with van der Waals surface area (Å²) < 4.78 is 5.50. The molecule has 0 bridgehead atoms. The zero-order valence-corrected chi connectivity index (χ0v) is 11.0. The molecule has 0 aliphatic rings. The molecular weight excluding hydrogens is 297 g/mol. The smallest absolute Gasteiger partial charge is 0.274 e. The van der Waals surface area contributed by atoms with Crippen LogP contribution in [0.1, 0.15) is 10.4 Å². The number of halogens is 2. The lowest BCUT2D eigenvalue weighted by Gasteiger charge is -2.06. The second-order valence-corrected chi connectivity index (χ2v) is 4.16. The molecule has 0 fully saturated rings. The summed E-state index contributed by atoms with van der Waals surface area (Å²) in [6.07, 6.45) is 0. The van der Waals surface area contributed by atoms with E-state index in [1.165, 1.54) is 0 Å². The van der Waals surface area contributed by atoms with E-state index in [0.29, 0.717) is 23.8 Å². The van der Waals surface area contributed by atoms with Gasteiger partial charge in [-0.3, -0.25) is 9.63 Å². The Morgan fingerprint density at radius 3 is 2.88 bits per heavy atom. The van der Waals surface area contributed by atoms with E-state index in [1.807, 2.05) is 0 Å². The summed E-state index contributed by atoms with van der Waals surface area (Å²) in [6.45, 7) is 0.716. The third kappa shape index (κ3) is 4.09. The van der Waals surface area contributed by atoms with E-state index in [1.54, 1.807) is 25.3 Å². The number of benzene rings is 1. The molecule has 88 valence electrons. The number of carbonyl (C=O) groups is 1. The van der Waals surface area contributed by atoms with E-state index in [2.05, 4.69) is 21.4 Å². The van der Waals surface area contributed by atoms with Crippen LogP contribution in [0.2, 0.25) is 5.02 Å². The average molecular weight is 309 g/mol. The summed E-state index contributed by atoms with van der Waals surface area (Å²) in [5, 5.41) is 0.476. The monoisotopic (exact) mass is 307 g/mol. The van der Waals surface area contributed by atoms with Crippen LogP contribution in [0.3, 0.4) is 0 Å². The van der Waals surface area contributed by atoms with Gasteiger partial charge in [-0.2, -0.15) is 0 Å². The van der Waals surface area contributed by atoms with Crippen LogP contribution in [0.5, 0.6) is 0 Å². The highest BCUT2D eigenvalue weighted by Crippen LogP contribution is 2.22. The lowest BCUT2D eigenvalue weighted by atomic mass is 10.2. The van der Waals surface area contributed by atoms with Gasteiger partial charge in [0.15, 0.2) is 0 Å². The molecule has 0 heterocycles. The number of methoxy groups -OCH3 is 1. The molecule has 16 heavy (non-hydrogen) atoms. The number of hydrogen-bond donors (Lipinski definition) is 1. The molecule has 0 saturated heterocycles. The van der Waals surface area contributed by atoms with Gasteiger partial charge in [0.05, 0.1) is 18.2 Å². The molecule has 1 aromatic rings. The molecule has 1 rings (SSSR count). The molecule has 0 radical (unpaired) electrons. The third-order valence-electron chi connectivity index (χ3n) is 1.74. The maximum Gasteiger partial charge on any atom is 0.274 e. The van der Waals surface area contributed by atoms with Gasteiger partial charge in [0.2, 0.25) is 0 Å². The fourth-order valence-corrected chi connectivity index (χ4v) is 1.37. The molecule has 4 nitrogen and oxygen atoms in total. The molecule has 0 atom stereocenters. The molecule has 0 unspecified atom stereocenters. The van der Waals surface area contributed by atoms with Gasteiger partial charge in [-0.1, -0.05) is 11.6 Å². The maximum absolute atomic E-state index is 11.5. The number of ether oxygens (including phenoxy) is 1. The summed E-state index contributed by atoms with van der Waals surface area (Å²) >= 11 is 9.09. The molecule has 0 aliphatic heterocycles. The fraction of sp³-hybridized carbons (Fsp3) is 0.300. The van der Waals surface area contributed by atoms with Crippen molar-refractivity contribution in [3.8, 4) is 0 Å². The van der Waals surface area contributed by atoms with Crippen molar-refractivity contribution < 1.29 is 14.4 Å². The van der Waals surface area contributed by atoms with Gasteiger partial charge in [-0.15, -0.1) is 0 Å². The van der Waals surface area contributed by atoms with E-state index in [-0.39, 0.29) is 5.91 Å². The second-order valence-electron chi connectivity index (χ2n) is 2.90. The summed E-state index contributed by atoms with van der Waals surface area (Å²) in [4.78, 5) is 16.4. The van der Waals surface area contributed by atoms with E-state index >= 15 is 0 Å². The maximum atomic E-state index is 11.5. The van der Waals surface area contributed by atoms with E-state index in [4.69, 9.17) is 21.2 Å². The molecule has 0 saturated carbocycles. The Kier molecular flexibility index (Phi) is 5.76. The molecular formula is C10H11BrClNO3. The van der Waals surface area contributed by atoms with Crippen molar-refractivity contribution in [1.82, 2.24) is 5.48 Å². The summed E-state index contributed by atoms with van der Waals surface area (Å²) in [6, 6.07) is 4.90. The van der Waals surface area contributed by atoms with Crippen LogP contribution in [0.15, 0.2) is 22.7 Å². The standard InChI is InChI=1S/C10H11BrClNO3/c1-15-4-5-16-13-10(14)7-2-3-8(11)9(12)6-7/h2-3,6H,4-5H2,1H3,(H,13,14). The Labute approximate surface area is 107 Å². The first-order valence-electron chi connectivity index (χ1n) is 4.51. The van der Waals surface area contributed by atoms with E-state index < -0.39 is 0 Å². The zero-order chi connectivity index (χ0) is 12.0. The van der Waals surface area contributed by atoms with E-state index in [0.717, 1.165) is 4.47 Å². The summed E-state index contributed by atoms with van der Waals surface area (Å²) in [5.41, 5.74) is 2.72. The molecule has 0 aliphatic carbocycles. The number of carbonyl (C=O) groups excluding carboxylic acids is 1. The van der Waals surface area contributed by atoms with E-state index in [9.17, 15) is 4.79 Å². The lowest BCUT2D eigenvalue weighted by molar-refractivity contribution is 0.00889. The van der Waals surface area contributed by atoms with Crippen molar-refractivity contribution in [3.63, 3.8) is 0 Å². The highest BCUT2D eigenvalue weighted by molar-refractivity contribution is 9.10. The van der Waals surface area contributed by atoms with Gasteiger partial charge in [-0.05, 0) is 34.1 Å². The fourth-order valence-electron chi connectivity index (χ4n) is 0.938. The minimum atomic E-state index is -0.342. The van der Waals surface area contributed by atoms with Crippen LogP contribution in [0.4, 0.5) is 0 Å². The Morgan fingerprint density at radius 2 is 2.25 bits per heavy atom. The number of amides is 1. The Morgan fingerprint density at radius 1 is 1.50 bits per heavy atom. The van der Waals surface area contributed by atoms with Crippen LogP contribution in [0, 0.1) is 0 Å². The van der Waals surface area contributed by atoms with Crippen molar-refractivity contribution >= 4 is 33.4 Å². The van der Waals surface area contributed by atoms with Crippen molar-refractivity contribution in [2.45, 2.75) is 0 Å². The SMILES string of the molecule is COCCONC(=O)c1ccc(Br)c(Cl)c1. The second kappa shape index (κ2) is 6.85. The lowest BCUT2D eigenvalue weighted by Crippen LogP contribution is -2.25. The van der Waals surface area contributed by atoms with Crippen LogP contribution >= 0.6 is 27.5 Å². The first-order valence-corrected chi connectivity index (χ1v) is 5.68. The largest absolute Gasteiger partial charge is 0.382 e. The Bertz CT molecular complexity index is 373. The van der Waals surface area contributed by atoms with Crippen molar-refractivity contribution in [2.24, 2.45) is 0 Å². The third-order valence-corrected chi connectivity index (χ3v) is 2.97. The van der Waals surface area contributed by atoms with Gasteiger partial charge >= 0.3 is 0 Å². The van der Waals surface area contributed by atoms with Crippen molar-refractivity contribution in [3.05, 3.63) is 33.3 Å². The number of nitrogens with one attached hydrogen (secondary N) is 1. The Hall–Kier alpha value is -0.620. The predicted molar refractivity (Wildman–Crippen MR) is 64.4 cm³/mol. The summed E-state index contributed by atoms with van der Waals surface area (Å²) in [7, 11) is 1.56. The van der Waals surface area contributed by atoms with Crippen molar-refractivity contribution in [2.75, 3.05) is 20.3 Å². The van der Waals surface area contributed by atoms with Crippen LogP contribution in [-0.2, 0) is 9.57 Å². The molecule has 1 amide bonds. The number of rotatable bonds is 5. The normalized spacial score (nSPS) is 10.2. The highest BCUT2D eigenvalue weighted by Gasteiger charge is 2.07.